The fourth-order valence-corrected chi connectivity index (χ4v) is 3.37. The summed E-state index contributed by atoms with van der Waals surface area (Å²) in [5, 5.41) is 5.92. The van der Waals surface area contributed by atoms with Gasteiger partial charge in [0.1, 0.15) is 5.75 Å². The number of fused-ring (bicyclic) bond motifs is 1. The third kappa shape index (κ3) is 4.29. The van der Waals surface area contributed by atoms with Gasteiger partial charge in [-0.3, -0.25) is 9.59 Å². The molecule has 5 heteroatoms. The van der Waals surface area contributed by atoms with Crippen molar-refractivity contribution in [2.45, 2.75) is 19.4 Å². The molecule has 0 saturated heterocycles. The predicted octanol–water partition coefficient (Wildman–Crippen LogP) is 4.36. The van der Waals surface area contributed by atoms with Crippen LogP contribution in [0.15, 0.2) is 72.8 Å². The molecule has 1 heterocycles. The number of benzene rings is 3. The van der Waals surface area contributed by atoms with Gasteiger partial charge in [0, 0.05) is 23.2 Å². The third-order valence-electron chi connectivity index (χ3n) is 4.98. The Kier molecular flexibility index (Phi) is 5.29. The Hall–Kier alpha value is -3.60. The lowest BCUT2D eigenvalue weighted by Crippen LogP contribution is -2.26. The highest BCUT2D eigenvalue weighted by molar-refractivity contribution is 6.04. The van der Waals surface area contributed by atoms with Crippen LogP contribution in [0, 0.1) is 0 Å². The van der Waals surface area contributed by atoms with Gasteiger partial charge in [0.05, 0.1) is 12.6 Å². The standard InChI is InChI=1S/C24H22N2O3/c1-16(25-24(28)20-10-11-22-19(14-20)12-13-29-22)18-8-5-9-21(15-18)26-23(27)17-6-3-2-4-7-17/h2-11,14-16H,12-13H2,1H3,(H,25,28)(H,26,27). The van der Waals surface area contributed by atoms with Crippen molar-refractivity contribution in [3.05, 3.63) is 95.1 Å². The van der Waals surface area contributed by atoms with E-state index in [1.807, 2.05) is 61.5 Å². The largest absolute Gasteiger partial charge is 0.493 e. The zero-order valence-corrected chi connectivity index (χ0v) is 16.1. The molecule has 3 aromatic carbocycles. The maximum absolute atomic E-state index is 12.7. The van der Waals surface area contributed by atoms with E-state index in [0.717, 1.165) is 23.3 Å². The predicted molar refractivity (Wildman–Crippen MR) is 112 cm³/mol. The number of ether oxygens (including phenoxy) is 1. The van der Waals surface area contributed by atoms with Crippen molar-refractivity contribution in [1.82, 2.24) is 5.32 Å². The summed E-state index contributed by atoms with van der Waals surface area (Å²) in [5.41, 5.74) is 3.88. The van der Waals surface area contributed by atoms with Crippen LogP contribution in [0.4, 0.5) is 5.69 Å². The van der Waals surface area contributed by atoms with Gasteiger partial charge in [-0.05, 0) is 60.5 Å². The maximum atomic E-state index is 12.7. The summed E-state index contributed by atoms with van der Waals surface area (Å²) in [7, 11) is 0. The van der Waals surface area contributed by atoms with Crippen LogP contribution < -0.4 is 15.4 Å². The van der Waals surface area contributed by atoms with Crippen molar-refractivity contribution < 1.29 is 14.3 Å². The average molecular weight is 386 g/mol. The number of hydrogen-bond acceptors (Lipinski definition) is 3. The van der Waals surface area contributed by atoms with Gasteiger partial charge in [-0.1, -0.05) is 30.3 Å². The van der Waals surface area contributed by atoms with E-state index < -0.39 is 0 Å². The number of amides is 2. The fourth-order valence-electron chi connectivity index (χ4n) is 3.37. The number of carbonyl (C=O) groups is 2. The van der Waals surface area contributed by atoms with Crippen LogP contribution in [0.2, 0.25) is 0 Å². The third-order valence-corrected chi connectivity index (χ3v) is 4.98. The Morgan fingerprint density at radius 3 is 2.55 bits per heavy atom. The number of carbonyl (C=O) groups excluding carboxylic acids is 2. The van der Waals surface area contributed by atoms with E-state index in [4.69, 9.17) is 4.74 Å². The van der Waals surface area contributed by atoms with Crippen molar-refractivity contribution >= 4 is 17.5 Å². The molecule has 3 aromatic rings. The van der Waals surface area contributed by atoms with Crippen LogP contribution in [0.25, 0.3) is 0 Å². The number of nitrogens with one attached hydrogen (secondary N) is 2. The normalized spacial score (nSPS) is 13.1. The van der Waals surface area contributed by atoms with Gasteiger partial charge in [0.25, 0.3) is 11.8 Å². The molecule has 0 bridgehead atoms. The van der Waals surface area contributed by atoms with Gasteiger partial charge < -0.3 is 15.4 Å². The molecule has 5 nitrogen and oxygen atoms in total. The minimum Gasteiger partial charge on any atom is -0.493 e. The van der Waals surface area contributed by atoms with Crippen molar-refractivity contribution in [3.63, 3.8) is 0 Å². The van der Waals surface area contributed by atoms with E-state index in [-0.39, 0.29) is 17.9 Å². The topological polar surface area (TPSA) is 67.4 Å². The lowest BCUT2D eigenvalue weighted by Gasteiger charge is -2.16. The summed E-state index contributed by atoms with van der Waals surface area (Å²) in [6.07, 6.45) is 0.829. The van der Waals surface area contributed by atoms with Gasteiger partial charge in [-0.15, -0.1) is 0 Å². The van der Waals surface area contributed by atoms with Crippen molar-refractivity contribution in [1.29, 1.82) is 0 Å². The van der Waals surface area contributed by atoms with Crippen molar-refractivity contribution in [2.75, 3.05) is 11.9 Å². The second-order valence-corrected chi connectivity index (χ2v) is 7.06. The first-order valence-corrected chi connectivity index (χ1v) is 9.63. The maximum Gasteiger partial charge on any atom is 0.255 e. The molecular formula is C24H22N2O3. The first kappa shape index (κ1) is 18.7. The van der Waals surface area contributed by atoms with E-state index in [1.165, 1.54) is 0 Å². The monoisotopic (exact) mass is 386 g/mol. The molecule has 2 N–H and O–H groups in total. The Balaban J connectivity index is 1.43. The number of hydrogen-bond donors (Lipinski definition) is 2. The van der Waals surface area contributed by atoms with Crippen LogP contribution in [0.1, 0.15) is 44.8 Å². The van der Waals surface area contributed by atoms with Gasteiger partial charge in [-0.2, -0.15) is 0 Å². The van der Waals surface area contributed by atoms with Crippen molar-refractivity contribution in [3.8, 4) is 5.75 Å². The average Bonchev–Trinajstić information content (AvgIpc) is 3.22. The van der Waals surface area contributed by atoms with Gasteiger partial charge >= 0.3 is 0 Å². The second kappa shape index (κ2) is 8.19. The quantitative estimate of drug-likeness (QED) is 0.684. The smallest absolute Gasteiger partial charge is 0.255 e. The Labute approximate surface area is 169 Å². The molecule has 0 spiro atoms. The summed E-state index contributed by atoms with van der Waals surface area (Å²) in [6.45, 7) is 2.59. The number of anilines is 1. The molecule has 29 heavy (non-hydrogen) atoms. The summed E-state index contributed by atoms with van der Waals surface area (Å²) in [6, 6.07) is 21.9. The molecule has 4 rings (SSSR count). The highest BCUT2D eigenvalue weighted by Gasteiger charge is 2.17. The minimum atomic E-state index is -0.208. The zero-order valence-electron chi connectivity index (χ0n) is 16.1. The Morgan fingerprint density at radius 2 is 1.72 bits per heavy atom. The molecule has 0 radical (unpaired) electrons. The summed E-state index contributed by atoms with van der Waals surface area (Å²) < 4.78 is 5.49. The minimum absolute atomic E-state index is 0.133. The van der Waals surface area contributed by atoms with E-state index >= 15 is 0 Å². The van der Waals surface area contributed by atoms with Gasteiger partial charge in [-0.25, -0.2) is 0 Å². The van der Waals surface area contributed by atoms with Crippen LogP contribution in [0.5, 0.6) is 5.75 Å². The molecule has 2 amide bonds. The van der Waals surface area contributed by atoms with Gasteiger partial charge in [0.2, 0.25) is 0 Å². The molecule has 0 aromatic heterocycles. The van der Waals surface area contributed by atoms with Crippen LogP contribution in [-0.4, -0.2) is 18.4 Å². The second-order valence-electron chi connectivity index (χ2n) is 7.06. The highest BCUT2D eigenvalue weighted by Crippen LogP contribution is 2.26. The number of rotatable bonds is 5. The molecule has 1 aliphatic heterocycles. The summed E-state index contributed by atoms with van der Waals surface area (Å²) >= 11 is 0. The van der Waals surface area contributed by atoms with Crippen LogP contribution in [0.3, 0.4) is 0 Å². The fraction of sp³-hybridized carbons (Fsp3) is 0.167. The van der Waals surface area contributed by atoms with Gasteiger partial charge in [0.15, 0.2) is 0 Å². The highest BCUT2D eigenvalue weighted by atomic mass is 16.5. The molecule has 0 saturated carbocycles. The van der Waals surface area contributed by atoms with E-state index in [9.17, 15) is 9.59 Å². The van der Waals surface area contributed by atoms with E-state index in [0.29, 0.717) is 23.4 Å². The first-order chi connectivity index (χ1) is 14.1. The summed E-state index contributed by atoms with van der Waals surface area (Å²) in [5.74, 6) is 0.558. The zero-order chi connectivity index (χ0) is 20.2. The Bertz CT molecular complexity index is 1050. The first-order valence-electron chi connectivity index (χ1n) is 9.63. The summed E-state index contributed by atoms with van der Waals surface area (Å²) in [4.78, 5) is 25.0. The van der Waals surface area contributed by atoms with Crippen LogP contribution in [-0.2, 0) is 6.42 Å². The molecule has 0 fully saturated rings. The van der Waals surface area contributed by atoms with Crippen LogP contribution >= 0.6 is 0 Å². The molecular weight excluding hydrogens is 364 g/mol. The SMILES string of the molecule is CC(NC(=O)c1ccc2c(c1)CCO2)c1cccc(NC(=O)c2ccccc2)c1. The molecule has 1 aliphatic rings. The molecule has 1 atom stereocenters. The lowest BCUT2D eigenvalue weighted by molar-refractivity contribution is 0.0939. The molecule has 146 valence electrons. The van der Waals surface area contributed by atoms with E-state index in [1.54, 1.807) is 18.2 Å². The lowest BCUT2D eigenvalue weighted by atomic mass is 10.1. The Morgan fingerprint density at radius 1 is 0.897 bits per heavy atom. The van der Waals surface area contributed by atoms with Crippen molar-refractivity contribution in [2.24, 2.45) is 0 Å². The van der Waals surface area contributed by atoms with E-state index in [2.05, 4.69) is 10.6 Å². The molecule has 1 unspecified atom stereocenters. The molecule has 0 aliphatic carbocycles.